The van der Waals surface area contributed by atoms with Crippen molar-refractivity contribution in [3.05, 3.63) is 20.8 Å². The van der Waals surface area contributed by atoms with Crippen LogP contribution in [0.3, 0.4) is 0 Å². The van der Waals surface area contributed by atoms with E-state index in [1.807, 2.05) is 4.90 Å². The second kappa shape index (κ2) is 3.85. The lowest BCUT2D eigenvalue weighted by Crippen LogP contribution is -2.38. The van der Waals surface area contributed by atoms with Crippen LogP contribution in [0.1, 0.15) is 12.8 Å². The second-order valence-corrected chi connectivity index (χ2v) is 3.54. The Kier molecular flexibility index (Phi) is 2.55. The minimum atomic E-state index is -0.591. The molecule has 1 aliphatic carbocycles. The topological polar surface area (TPSA) is 108 Å². The van der Waals surface area contributed by atoms with Crippen LogP contribution in [0.5, 0.6) is 0 Å². The van der Waals surface area contributed by atoms with E-state index in [9.17, 15) is 9.59 Å². The number of aromatic amines is 2. The monoisotopic (exact) mass is 211 g/mol. The molecule has 0 spiro atoms. The number of hydrogen-bond donors (Lipinski definition) is 3. The predicted molar refractivity (Wildman–Crippen MR) is 54.9 cm³/mol. The standard InChI is InChI=1S/C8H13N5O2/c9-3-4-13(5-1-2-5)6-7(14)10-8(15)12-11-6/h5H,1-4,9H2,(H2,10,12,14,15). The van der Waals surface area contributed by atoms with Gasteiger partial charge in [-0.05, 0) is 12.8 Å². The fraction of sp³-hybridized carbons (Fsp3) is 0.625. The molecule has 0 radical (unpaired) electrons. The van der Waals surface area contributed by atoms with E-state index in [-0.39, 0.29) is 5.82 Å². The highest BCUT2D eigenvalue weighted by molar-refractivity contribution is 5.37. The van der Waals surface area contributed by atoms with E-state index in [0.717, 1.165) is 12.8 Å². The third-order valence-corrected chi connectivity index (χ3v) is 2.32. The normalized spacial score (nSPS) is 15.3. The minimum absolute atomic E-state index is 0.252. The van der Waals surface area contributed by atoms with Gasteiger partial charge in [0.05, 0.1) is 0 Å². The average Bonchev–Trinajstić information content (AvgIpc) is 2.98. The fourth-order valence-corrected chi connectivity index (χ4v) is 1.52. The van der Waals surface area contributed by atoms with Crippen molar-refractivity contribution in [3.63, 3.8) is 0 Å². The smallest absolute Gasteiger partial charge is 0.342 e. The molecule has 1 aromatic rings. The van der Waals surface area contributed by atoms with E-state index in [4.69, 9.17) is 5.73 Å². The van der Waals surface area contributed by atoms with Gasteiger partial charge in [-0.25, -0.2) is 9.89 Å². The maximum Gasteiger partial charge on any atom is 0.342 e. The molecule has 0 unspecified atom stereocenters. The molecule has 1 fully saturated rings. The van der Waals surface area contributed by atoms with Gasteiger partial charge >= 0.3 is 5.69 Å². The molecule has 2 rings (SSSR count). The first-order valence-electron chi connectivity index (χ1n) is 4.88. The van der Waals surface area contributed by atoms with Gasteiger partial charge in [-0.2, -0.15) is 0 Å². The zero-order valence-electron chi connectivity index (χ0n) is 8.19. The van der Waals surface area contributed by atoms with Crippen molar-refractivity contribution in [2.75, 3.05) is 18.0 Å². The summed E-state index contributed by atoms with van der Waals surface area (Å²) in [5, 5.41) is 5.97. The zero-order valence-corrected chi connectivity index (χ0v) is 8.19. The molecule has 7 heteroatoms. The Morgan fingerprint density at radius 2 is 2.20 bits per heavy atom. The number of nitrogens with zero attached hydrogens (tertiary/aromatic N) is 2. The van der Waals surface area contributed by atoms with Gasteiger partial charge in [-0.15, -0.1) is 5.10 Å². The number of aromatic nitrogens is 3. The summed E-state index contributed by atoms with van der Waals surface area (Å²) in [6, 6.07) is 0.341. The van der Waals surface area contributed by atoms with Crippen LogP contribution < -0.4 is 21.9 Å². The van der Waals surface area contributed by atoms with Gasteiger partial charge in [-0.1, -0.05) is 0 Å². The first-order chi connectivity index (χ1) is 7.22. The number of hydrogen-bond acceptors (Lipinski definition) is 5. The largest absolute Gasteiger partial charge is 0.346 e. The predicted octanol–water partition coefficient (Wildman–Crippen LogP) is -1.61. The van der Waals surface area contributed by atoms with Crippen molar-refractivity contribution < 1.29 is 0 Å². The molecule has 0 aromatic carbocycles. The first-order valence-corrected chi connectivity index (χ1v) is 4.88. The molecule has 1 heterocycles. The minimum Gasteiger partial charge on any atom is -0.346 e. The third kappa shape index (κ3) is 2.07. The Morgan fingerprint density at radius 3 is 2.73 bits per heavy atom. The Morgan fingerprint density at radius 1 is 1.47 bits per heavy atom. The SMILES string of the molecule is NCCN(c1n[nH]c(=O)[nH]c1=O)C1CC1. The highest BCUT2D eigenvalue weighted by Gasteiger charge is 2.31. The molecule has 1 aliphatic rings. The van der Waals surface area contributed by atoms with Crippen LogP contribution in [0.15, 0.2) is 9.59 Å². The van der Waals surface area contributed by atoms with Gasteiger partial charge in [0.1, 0.15) is 0 Å². The van der Waals surface area contributed by atoms with E-state index < -0.39 is 11.2 Å². The van der Waals surface area contributed by atoms with Crippen molar-refractivity contribution in [3.8, 4) is 0 Å². The van der Waals surface area contributed by atoms with Crippen molar-refractivity contribution in [1.82, 2.24) is 15.2 Å². The second-order valence-electron chi connectivity index (χ2n) is 3.54. The summed E-state index contributed by atoms with van der Waals surface area (Å²) in [4.78, 5) is 26.3. The molecule has 0 saturated heterocycles. The summed E-state index contributed by atoms with van der Waals surface area (Å²) in [6.07, 6.45) is 2.08. The van der Waals surface area contributed by atoms with Crippen molar-refractivity contribution in [1.29, 1.82) is 0 Å². The van der Waals surface area contributed by atoms with Gasteiger partial charge in [0.2, 0.25) is 5.82 Å². The summed E-state index contributed by atoms with van der Waals surface area (Å²) < 4.78 is 0. The Bertz CT molecular complexity index is 447. The Hall–Kier alpha value is -1.63. The Labute approximate surface area is 85.3 Å². The lowest BCUT2D eigenvalue weighted by Gasteiger charge is -2.20. The van der Waals surface area contributed by atoms with E-state index in [1.54, 1.807) is 0 Å². The molecular formula is C8H13N5O2. The number of H-pyrrole nitrogens is 2. The van der Waals surface area contributed by atoms with Crippen LogP contribution in [0.4, 0.5) is 5.82 Å². The Balaban J connectivity index is 2.32. The van der Waals surface area contributed by atoms with Crippen molar-refractivity contribution in [2.45, 2.75) is 18.9 Å². The quantitative estimate of drug-likeness (QED) is 0.555. The summed E-state index contributed by atoms with van der Waals surface area (Å²) in [5.41, 5.74) is 4.41. The molecule has 4 N–H and O–H groups in total. The van der Waals surface area contributed by atoms with Crippen LogP contribution in [-0.2, 0) is 0 Å². The number of nitrogens with two attached hydrogens (primary N) is 1. The number of nitrogens with one attached hydrogen (secondary N) is 2. The molecule has 0 atom stereocenters. The molecular weight excluding hydrogens is 198 g/mol. The molecule has 82 valence electrons. The third-order valence-electron chi connectivity index (χ3n) is 2.32. The molecule has 7 nitrogen and oxygen atoms in total. The molecule has 15 heavy (non-hydrogen) atoms. The zero-order chi connectivity index (χ0) is 10.8. The lowest BCUT2D eigenvalue weighted by atomic mass is 10.4. The molecule has 0 bridgehead atoms. The number of rotatable bonds is 4. The van der Waals surface area contributed by atoms with Gasteiger partial charge < -0.3 is 10.6 Å². The molecule has 0 amide bonds. The van der Waals surface area contributed by atoms with Crippen LogP contribution >= 0.6 is 0 Å². The molecule has 0 aliphatic heterocycles. The van der Waals surface area contributed by atoms with E-state index in [0.29, 0.717) is 19.1 Å². The molecule has 1 aromatic heterocycles. The highest BCUT2D eigenvalue weighted by Crippen LogP contribution is 2.28. The van der Waals surface area contributed by atoms with Crippen LogP contribution in [-0.4, -0.2) is 34.3 Å². The first kappa shape index (κ1) is 9.91. The average molecular weight is 211 g/mol. The molecule has 1 saturated carbocycles. The van der Waals surface area contributed by atoms with Gasteiger partial charge in [0.25, 0.3) is 5.56 Å². The maximum atomic E-state index is 11.5. The van der Waals surface area contributed by atoms with E-state index >= 15 is 0 Å². The van der Waals surface area contributed by atoms with Gasteiger partial charge in [-0.3, -0.25) is 9.78 Å². The highest BCUT2D eigenvalue weighted by atomic mass is 16.2. The van der Waals surface area contributed by atoms with Crippen molar-refractivity contribution in [2.24, 2.45) is 5.73 Å². The maximum absolute atomic E-state index is 11.5. The van der Waals surface area contributed by atoms with E-state index in [1.165, 1.54) is 0 Å². The van der Waals surface area contributed by atoms with Gasteiger partial charge in [0, 0.05) is 19.1 Å². The summed E-state index contributed by atoms with van der Waals surface area (Å²) in [6.45, 7) is 1.03. The van der Waals surface area contributed by atoms with Gasteiger partial charge in [0.15, 0.2) is 0 Å². The van der Waals surface area contributed by atoms with Crippen LogP contribution in [0.25, 0.3) is 0 Å². The lowest BCUT2D eigenvalue weighted by molar-refractivity contribution is 0.737. The number of anilines is 1. The summed E-state index contributed by atoms with van der Waals surface area (Å²) >= 11 is 0. The van der Waals surface area contributed by atoms with Crippen LogP contribution in [0, 0.1) is 0 Å². The fourth-order valence-electron chi connectivity index (χ4n) is 1.52. The summed E-state index contributed by atoms with van der Waals surface area (Å²) in [5.74, 6) is 0.252. The van der Waals surface area contributed by atoms with Crippen LogP contribution in [0.2, 0.25) is 0 Å². The van der Waals surface area contributed by atoms with E-state index in [2.05, 4.69) is 15.2 Å². The van der Waals surface area contributed by atoms with Crippen molar-refractivity contribution >= 4 is 5.82 Å². The summed E-state index contributed by atoms with van der Waals surface area (Å²) in [7, 11) is 0.